The van der Waals surface area contributed by atoms with Crippen LogP contribution < -0.4 is 10.9 Å². The molecule has 0 fully saturated rings. The molecule has 4 rings (SSSR count). The molecular weight excluding hydrogens is 601 g/mol. The van der Waals surface area contributed by atoms with Crippen molar-refractivity contribution < 1.29 is 27.9 Å². The van der Waals surface area contributed by atoms with E-state index < -0.39 is 47.7 Å². The van der Waals surface area contributed by atoms with Crippen LogP contribution in [0, 0.1) is 19.8 Å². The topological polar surface area (TPSA) is 122 Å². The van der Waals surface area contributed by atoms with Gasteiger partial charge < -0.3 is 19.9 Å². The quantitative estimate of drug-likeness (QED) is 0.218. The summed E-state index contributed by atoms with van der Waals surface area (Å²) in [5, 5.41) is 20.9. The van der Waals surface area contributed by atoms with Crippen molar-refractivity contribution in [2.24, 2.45) is 5.92 Å². The molecule has 0 aliphatic carbocycles. The van der Waals surface area contributed by atoms with E-state index in [0.717, 1.165) is 33.0 Å². The van der Waals surface area contributed by atoms with Gasteiger partial charge in [0.2, 0.25) is 5.91 Å². The van der Waals surface area contributed by atoms with Crippen LogP contribution >= 0.6 is 0 Å². The molecule has 4 aromatic rings. The third-order valence-electron chi connectivity index (χ3n) is 7.89. The highest BCUT2D eigenvalue weighted by molar-refractivity contribution is 5.82. The number of hydrogen-bond acceptors (Lipinski definition) is 6. The molecule has 0 radical (unpaired) electrons. The highest BCUT2D eigenvalue weighted by Crippen LogP contribution is 2.34. The molecule has 10 nitrogen and oxygen atoms in total. The van der Waals surface area contributed by atoms with Crippen LogP contribution in [0.15, 0.2) is 53.8 Å². The van der Waals surface area contributed by atoms with E-state index in [-0.39, 0.29) is 30.9 Å². The van der Waals surface area contributed by atoms with Crippen molar-refractivity contribution in [3.63, 3.8) is 0 Å². The monoisotopic (exact) mass is 640 g/mol. The van der Waals surface area contributed by atoms with Crippen molar-refractivity contribution in [3.8, 4) is 11.1 Å². The maximum absolute atomic E-state index is 14.1. The first-order valence-electron chi connectivity index (χ1n) is 15.0. The van der Waals surface area contributed by atoms with Crippen molar-refractivity contribution >= 4 is 17.5 Å². The van der Waals surface area contributed by atoms with E-state index >= 15 is 0 Å². The second-order valence-electron chi connectivity index (χ2n) is 12.3. The molecule has 0 aliphatic rings. The molecule has 0 aliphatic heterocycles. The molecule has 2 atom stereocenters. The minimum atomic E-state index is -4.76. The van der Waals surface area contributed by atoms with E-state index in [2.05, 4.69) is 15.5 Å². The molecule has 0 bridgehead atoms. The zero-order valence-corrected chi connectivity index (χ0v) is 26.7. The zero-order chi connectivity index (χ0) is 33.9. The van der Waals surface area contributed by atoms with E-state index in [1.807, 2.05) is 52.1 Å². The molecule has 2 N–H and O–H groups in total. The Morgan fingerprint density at radius 3 is 2.35 bits per heavy atom. The summed E-state index contributed by atoms with van der Waals surface area (Å²) in [7, 11) is 3.45. The van der Waals surface area contributed by atoms with Crippen molar-refractivity contribution in [3.05, 3.63) is 87.2 Å². The highest BCUT2D eigenvalue weighted by Gasteiger charge is 2.36. The number of nitrogens with one attached hydrogen (secondary N) is 1. The highest BCUT2D eigenvalue weighted by atomic mass is 19.4. The summed E-state index contributed by atoms with van der Waals surface area (Å²) < 4.78 is 44.5. The molecule has 0 unspecified atom stereocenters. The molecule has 0 saturated carbocycles. The molecule has 3 heterocycles. The summed E-state index contributed by atoms with van der Waals surface area (Å²) in [6.07, 6.45) is -0.740. The number of pyridine rings is 2. The van der Waals surface area contributed by atoms with Crippen molar-refractivity contribution in [2.75, 3.05) is 20.6 Å². The number of aromatic nitrogens is 4. The second-order valence-corrected chi connectivity index (χ2v) is 12.3. The Bertz CT molecular complexity index is 1770. The van der Waals surface area contributed by atoms with Gasteiger partial charge in [-0.25, -0.2) is 0 Å². The van der Waals surface area contributed by atoms with Crippen LogP contribution in [0.5, 0.6) is 0 Å². The summed E-state index contributed by atoms with van der Waals surface area (Å²) in [5.74, 6) is -2.03. The Labute approximate surface area is 264 Å². The van der Waals surface area contributed by atoms with Gasteiger partial charge in [0.25, 0.3) is 5.56 Å². The molecule has 46 heavy (non-hydrogen) atoms. The lowest BCUT2D eigenvalue weighted by atomic mass is 9.94. The fourth-order valence-corrected chi connectivity index (χ4v) is 5.74. The number of aliphatic carboxylic acids is 1. The SMILES string of the molecule is Cc1cccc(C)c1-c1cc([C@H](CC(=O)O)NC(=O)[C@@H](CC(C)C)n2cc(CCN(C)C)c(C(F)(F)F)cc2=O)c2nncn2c1. The van der Waals surface area contributed by atoms with E-state index in [9.17, 15) is 32.7 Å². The van der Waals surface area contributed by atoms with Crippen LogP contribution in [-0.2, 0) is 22.2 Å². The molecule has 1 amide bonds. The van der Waals surface area contributed by atoms with Gasteiger partial charge in [0.1, 0.15) is 12.4 Å². The second kappa shape index (κ2) is 13.9. The molecule has 0 spiro atoms. The number of carboxylic acids is 1. The number of fused-ring (bicyclic) bond motifs is 1. The van der Waals surface area contributed by atoms with E-state index in [0.29, 0.717) is 17.3 Å². The van der Waals surface area contributed by atoms with E-state index in [4.69, 9.17) is 0 Å². The minimum Gasteiger partial charge on any atom is -0.481 e. The third-order valence-corrected chi connectivity index (χ3v) is 7.89. The first kappa shape index (κ1) is 34.4. The zero-order valence-electron chi connectivity index (χ0n) is 26.7. The Morgan fingerprint density at radius 1 is 1.09 bits per heavy atom. The van der Waals surface area contributed by atoms with Crippen molar-refractivity contribution in [1.82, 2.24) is 29.4 Å². The smallest absolute Gasteiger partial charge is 0.416 e. The summed E-state index contributed by atoms with van der Waals surface area (Å²) in [6.45, 7) is 7.85. The third kappa shape index (κ3) is 7.82. The Balaban J connectivity index is 1.82. The van der Waals surface area contributed by atoms with Gasteiger partial charge in [-0.2, -0.15) is 13.2 Å². The first-order valence-corrected chi connectivity index (χ1v) is 15.0. The normalized spacial score (nSPS) is 13.4. The number of alkyl halides is 3. The Hall–Kier alpha value is -4.52. The Kier molecular flexibility index (Phi) is 10.3. The average Bonchev–Trinajstić information content (AvgIpc) is 3.42. The van der Waals surface area contributed by atoms with Crippen LogP contribution in [0.4, 0.5) is 13.2 Å². The fourth-order valence-electron chi connectivity index (χ4n) is 5.74. The van der Waals surface area contributed by atoms with E-state index in [1.54, 1.807) is 29.5 Å². The van der Waals surface area contributed by atoms with Crippen LogP contribution in [0.3, 0.4) is 0 Å². The average molecular weight is 641 g/mol. The molecule has 0 saturated heterocycles. The van der Waals surface area contributed by atoms with Gasteiger partial charge in [0.05, 0.1) is 18.0 Å². The summed E-state index contributed by atoms with van der Waals surface area (Å²) in [4.78, 5) is 41.1. The number of rotatable bonds is 12. The number of nitrogens with zero attached hydrogens (tertiary/aromatic N) is 5. The number of carbonyl (C=O) groups excluding carboxylic acids is 1. The predicted molar refractivity (Wildman–Crippen MR) is 167 cm³/mol. The number of halogens is 3. The molecular formula is C33H39F3N6O4. The fraction of sp³-hybridized carbons (Fsp3) is 0.424. The van der Waals surface area contributed by atoms with E-state index in [1.165, 1.54) is 6.33 Å². The van der Waals surface area contributed by atoms with Crippen LogP contribution in [0.25, 0.3) is 16.8 Å². The molecule has 246 valence electrons. The number of carbonyl (C=O) groups is 2. The van der Waals surface area contributed by atoms with Crippen molar-refractivity contribution in [2.45, 2.75) is 65.2 Å². The lowest BCUT2D eigenvalue weighted by Gasteiger charge is -2.26. The molecule has 3 aromatic heterocycles. The summed E-state index contributed by atoms with van der Waals surface area (Å²) >= 11 is 0. The number of aryl methyl sites for hydroxylation is 2. The maximum Gasteiger partial charge on any atom is 0.416 e. The number of likely N-dealkylation sites (N-methyl/N-ethyl adjacent to an activating group) is 1. The first-order chi connectivity index (χ1) is 21.6. The number of benzene rings is 1. The number of amides is 1. The standard InChI is InChI=1S/C33H39F3N6O4/c1-19(2)12-27(42-17-22(10-11-40(5)6)25(14-28(42)43)33(34,35)36)32(46)38-26(15-29(44)45)24-13-23(16-41-18-37-39-31(24)41)30-20(3)8-7-9-21(30)4/h7-9,13-14,16-19,26-27H,10-12,15H2,1-6H3,(H,38,46)(H,44,45)/t26-,27+/m0/s1. The van der Waals surface area contributed by atoms with Crippen LogP contribution in [-0.4, -0.2) is 61.7 Å². The van der Waals surface area contributed by atoms with Gasteiger partial charge in [0.15, 0.2) is 5.65 Å². The summed E-state index contributed by atoms with van der Waals surface area (Å²) in [5.41, 5.74) is 2.25. The minimum absolute atomic E-state index is 0.00421. The van der Waals surface area contributed by atoms with Crippen LogP contribution in [0.1, 0.15) is 66.6 Å². The van der Waals surface area contributed by atoms with Gasteiger partial charge >= 0.3 is 12.1 Å². The summed E-state index contributed by atoms with van der Waals surface area (Å²) in [6, 6.07) is 5.85. The van der Waals surface area contributed by atoms with Gasteiger partial charge in [-0.3, -0.25) is 18.8 Å². The Morgan fingerprint density at radius 2 is 1.76 bits per heavy atom. The van der Waals surface area contributed by atoms with Gasteiger partial charge in [-0.15, -0.1) is 10.2 Å². The molecule has 13 heteroatoms. The van der Waals surface area contributed by atoms with Crippen LogP contribution in [0.2, 0.25) is 0 Å². The van der Waals surface area contributed by atoms with Gasteiger partial charge in [-0.1, -0.05) is 32.0 Å². The lowest BCUT2D eigenvalue weighted by molar-refractivity contribution is -0.139. The number of hydrogen-bond donors (Lipinski definition) is 2. The van der Waals surface area contributed by atoms with Crippen molar-refractivity contribution in [1.29, 1.82) is 0 Å². The predicted octanol–water partition coefficient (Wildman–Crippen LogP) is 5.22. The molecule has 1 aromatic carbocycles. The largest absolute Gasteiger partial charge is 0.481 e. The van der Waals surface area contributed by atoms with Gasteiger partial charge in [-0.05, 0) is 80.6 Å². The number of carboxylic acid groups (broad SMARTS) is 1. The lowest BCUT2D eigenvalue weighted by Crippen LogP contribution is -2.40. The maximum atomic E-state index is 14.1. The van der Waals surface area contributed by atoms with Gasteiger partial charge in [0, 0.05) is 30.6 Å².